The normalized spacial score (nSPS) is 22.4. The first-order valence-electron chi connectivity index (χ1n) is 10.2. The van der Waals surface area contributed by atoms with Crippen LogP contribution >= 0.6 is 0 Å². The van der Waals surface area contributed by atoms with E-state index in [2.05, 4.69) is 31.4 Å². The van der Waals surface area contributed by atoms with Crippen LogP contribution in [0.4, 0.5) is 0 Å². The molecule has 1 amide bonds. The Morgan fingerprint density at radius 2 is 1.92 bits per heavy atom. The first-order valence-corrected chi connectivity index (χ1v) is 10.2. The quantitative estimate of drug-likeness (QED) is 0.778. The van der Waals surface area contributed by atoms with Gasteiger partial charge < -0.3 is 14.2 Å². The van der Waals surface area contributed by atoms with Gasteiger partial charge in [0.2, 0.25) is 0 Å². The van der Waals surface area contributed by atoms with E-state index in [-0.39, 0.29) is 12.0 Å². The SMILES string of the molecule is CCCOC1CCCN(C(=O)c2cc(C)n(C3CCCCC3)c2C)C1. The van der Waals surface area contributed by atoms with E-state index in [0.717, 1.165) is 50.2 Å². The van der Waals surface area contributed by atoms with Gasteiger partial charge in [0.1, 0.15) is 0 Å². The van der Waals surface area contributed by atoms with Gasteiger partial charge in [0.25, 0.3) is 5.91 Å². The minimum absolute atomic E-state index is 0.194. The smallest absolute Gasteiger partial charge is 0.255 e. The molecule has 1 aliphatic carbocycles. The van der Waals surface area contributed by atoms with E-state index in [1.807, 2.05) is 4.90 Å². The first-order chi connectivity index (χ1) is 12.1. The minimum Gasteiger partial charge on any atom is -0.376 e. The van der Waals surface area contributed by atoms with Gasteiger partial charge in [-0.05, 0) is 52.0 Å². The summed E-state index contributed by atoms with van der Waals surface area (Å²) in [6.45, 7) is 8.81. The molecule has 2 heterocycles. The van der Waals surface area contributed by atoms with Crippen LogP contribution in [0.1, 0.15) is 86.1 Å². The summed E-state index contributed by atoms with van der Waals surface area (Å²) in [5, 5.41) is 0. The lowest BCUT2D eigenvalue weighted by Gasteiger charge is -2.33. The van der Waals surface area contributed by atoms with E-state index >= 15 is 0 Å². The van der Waals surface area contributed by atoms with E-state index < -0.39 is 0 Å². The van der Waals surface area contributed by atoms with Crippen LogP contribution in [0.2, 0.25) is 0 Å². The van der Waals surface area contributed by atoms with Gasteiger partial charge in [-0.3, -0.25) is 4.79 Å². The van der Waals surface area contributed by atoms with E-state index in [9.17, 15) is 4.79 Å². The van der Waals surface area contributed by atoms with Crippen molar-refractivity contribution >= 4 is 5.91 Å². The third-order valence-electron chi connectivity index (χ3n) is 5.88. The van der Waals surface area contributed by atoms with E-state index in [1.165, 1.54) is 37.8 Å². The van der Waals surface area contributed by atoms with Crippen LogP contribution < -0.4 is 0 Å². The molecular formula is C21H34N2O2. The number of piperidine rings is 1. The number of aryl methyl sites for hydroxylation is 1. The Morgan fingerprint density at radius 3 is 2.64 bits per heavy atom. The number of amides is 1. The summed E-state index contributed by atoms with van der Waals surface area (Å²) >= 11 is 0. The summed E-state index contributed by atoms with van der Waals surface area (Å²) in [7, 11) is 0. The van der Waals surface area contributed by atoms with Gasteiger partial charge in [-0.25, -0.2) is 0 Å². The van der Waals surface area contributed by atoms with Crippen molar-refractivity contribution in [3.63, 3.8) is 0 Å². The molecule has 0 radical (unpaired) electrons. The third-order valence-corrected chi connectivity index (χ3v) is 5.88. The molecule has 0 N–H and O–H groups in total. The van der Waals surface area contributed by atoms with Crippen molar-refractivity contribution in [3.8, 4) is 0 Å². The topological polar surface area (TPSA) is 34.5 Å². The summed E-state index contributed by atoms with van der Waals surface area (Å²) in [5.74, 6) is 0.194. The molecule has 1 unspecified atom stereocenters. The molecule has 1 saturated carbocycles. The summed E-state index contributed by atoms with van der Waals surface area (Å²) in [6, 6.07) is 2.69. The van der Waals surface area contributed by atoms with Crippen molar-refractivity contribution in [2.45, 2.75) is 84.3 Å². The Balaban J connectivity index is 1.73. The number of hydrogen-bond donors (Lipinski definition) is 0. The zero-order valence-corrected chi connectivity index (χ0v) is 16.2. The maximum absolute atomic E-state index is 13.1. The number of likely N-dealkylation sites (tertiary alicyclic amines) is 1. The number of rotatable bonds is 5. The fraction of sp³-hybridized carbons (Fsp3) is 0.762. The average molecular weight is 347 g/mol. The number of aromatic nitrogens is 1. The lowest BCUT2D eigenvalue weighted by atomic mass is 9.95. The molecule has 0 spiro atoms. The second kappa shape index (κ2) is 8.39. The predicted octanol–water partition coefficient (Wildman–Crippen LogP) is 4.64. The monoisotopic (exact) mass is 346 g/mol. The Bertz CT molecular complexity index is 587. The maximum atomic E-state index is 13.1. The molecule has 4 nitrogen and oxygen atoms in total. The molecule has 0 aromatic carbocycles. The Morgan fingerprint density at radius 1 is 1.16 bits per heavy atom. The fourth-order valence-corrected chi connectivity index (χ4v) is 4.61. The van der Waals surface area contributed by atoms with Crippen LogP contribution in [0.15, 0.2) is 6.07 Å². The maximum Gasteiger partial charge on any atom is 0.255 e. The van der Waals surface area contributed by atoms with Crippen molar-refractivity contribution < 1.29 is 9.53 Å². The fourth-order valence-electron chi connectivity index (χ4n) is 4.61. The summed E-state index contributed by atoms with van der Waals surface area (Å²) in [5.41, 5.74) is 3.30. The van der Waals surface area contributed by atoms with Crippen molar-refractivity contribution in [2.75, 3.05) is 19.7 Å². The van der Waals surface area contributed by atoms with Crippen LogP contribution in [0.5, 0.6) is 0 Å². The van der Waals surface area contributed by atoms with Crippen molar-refractivity contribution in [1.29, 1.82) is 0 Å². The first kappa shape index (κ1) is 18.5. The molecular weight excluding hydrogens is 312 g/mol. The van der Waals surface area contributed by atoms with Gasteiger partial charge in [0.15, 0.2) is 0 Å². The molecule has 1 aromatic rings. The van der Waals surface area contributed by atoms with Gasteiger partial charge in [-0.1, -0.05) is 26.2 Å². The van der Waals surface area contributed by atoms with Crippen molar-refractivity contribution in [2.24, 2.45) is 0 Å². The van der Waals surface area contributed by atoms with E-state index in [0.29, 0.717) is 6.04 Å². The molecule has 1 saturated heterocycles. The molecule has 2 fully saturated rings. The van der Waals surface area contributed by atoms with Crippen LogP contribution in [0, 0.1) is 13.8 Å². The van der Waals surface area contributed by atoms with Crippen LogP contribution in [-0.2, 0) is 4.74 Å². The lowest BCUT2D eigenvalue weighted by Crippen LogP contribution is -2.43. The van der Waals surface area contributed by atoms with Crippen LogP contribution in [0.25, 0.3) is 0 Å². The molecule has 3 rings (SSSR count). The zero-order chi connectivity index (χ0) is 17.8. The number of carbonyl (C=O) groups is 1. The second-order valence-electron chi connectivity index (χ2n) is 7.83. The third kappa shape index (κ3) is 4.11. The molecule has 1 atom stereocenters. The molecule has 25 heavy (non-hydrogen) atoms. The highest BCUT2D eigenvalue weighted by atomic mass is 16.5. The Hall–Kier alpha value is -1.29. The lowest BCUT2D eigenvalue weighted by molar-refractivity contribution is 0.00208. The Labute approximate surface area is 152 Å². The molecule has 0 bridgehead atoms. The molecule has 1 aromatic heterocycles. The van der Waals surface area contributed by atoms with Crippen LogP contribution in [-0.4, -0.2) is 41.2 Å². The summed E-state index contributed by atoms with van der Waals surface area (Å²) in [6.07, 6.45) is 9.84. The highest BCUT2D eigenvalue weighted by molar-refractivity contribution is 5.95. The van der Waals surface area contributed by atoms with E-state index in [4.69, 9.17) is 4.74 Å². The van der Waals surface area contributed by atoms with Gasteiger partial charge in [0.05, 0.1) is 11.7 Å². The number of carbonyl (C=O) groups excluding carboxylic acids is 1. The molecule has 4 heteroatoms. The van der Waals surface area contributed by atoms with E-state index in [1.54, 1.807) is 0 Å². The highest BCUT2D eigenvalue weighted by Crippen LogP contribution is 2.32. The van der Waals surface area contributed by atoms with Gasteiger partial charge >= 0.3 is 0 Å². The standard InChI is InChI=1S/C21H34N2O2/c1-4-13-25-19-11-8-12-22(15-19)21(24)20-14-16(2)23(17(20)3)18-9-6-5-7-10-18/h14,18-19H,4-13,15H2,1-3H3. The molecule has 1 aliphatic heterocycles. The van der Waals surface area contributed by atoms with Gasteiger partial charge in [-0.2, -0.15) is 0 Å². The summed E-state index contributed by atoms with van der Waals surface area (Å²) < 4.78 is 8.34. The number of ether oxygens (including phenoxy) is 1. The van der Waals surface area contributed by atoms with Gasteiger partial charge in [-0.15, -0.1) is 0 Å². The molecule has 140 valence electrons. The highest BCUT2D eigenvalue weighted by Gasteiger charge is 2.28. The Kier molecular flexibility index (Phi) is 6.21. The second-order valence-corrected chi connectivity index (χ2v) is 7.83. The van der Waals surface area contributed by atoms with Gasteiger partial charge in [0, 0.05) is 37.1 Å². The largest absolute Gasteiger partial charge is 0.376 e. The number of nitrogens with zero attached hydrogens (tertiary/aromatic N) is 2. The average Bonchev–Trinajstić information content (AvgIpc) is 2.94. The predicted molar refractivity (Wildman–Crippen MR) is 101 cm³/mol. The zero-order valence-electron chi connectivity index (χ0n) is 16.2. The number of hydrogen-bond acceptors (Lipinski definition) is 2. The minimum atomic E-state index is 0.194. The van der Waals surface area contributed by atoms with Crippen LogP contribution in [0.3, 0.4) is 0 Å². The summed E-state index contributed by atoms with van der Waals surface area (Å²) in [4.78, 5) is 15.2. The van der Waals surface area contributed by atoms with Crippen molar-refractivity contribution in [3.05, 3.63) is 23.0 Å². The van der Waals surface area contributed by atoms with Crippen molar-refractivity contribution in [1.82, 2.24) is 9.47 Å². The molecule has 2 aliphatic rings.